The number of hydrogen-bond donors (Lipinski definition) is 1. The highest BCUT2D eigenvalue weighted by molar-refractivity contribution is 7.11. The molecule has 2 aromatic carbocycles. The molecule has 0 fully saturated rings. The Bertz CT molecular complexity index is 1480. The Morgan fingerprint density at radius 2 is 1.91 bits per heavy atom. The molecule has 0 amide bonds. The lowest BCUT2D eigenvalue weighted by Crippen LogP contribution is -2.29. The minimum atomic E-state index is -4.56. The number of imidazole rings is 1. The van der Waals surface area contributed by atoms with E-state index in [0.717, 1.165) is 0 Å². The van der Waals surface area contributed by atoms with E-state index in [-0.39, 0.29) is 21.4 Å². The number of benzene rings is 2. The summed E-state index contributed by atoms with van der Waals surface area (Å²) in [6.45, 7) is 3.66. The molecule has 0 radical (unpaired) electrons. The van der Waals surface area contributed by atoms with Crippen molar-refractivity contribution < 1.29 is 22.3 Å². The van der Waals surface area contributed by atoms with Gasteiger partial charge in [0.15, 0.2) is 5.01 Å². The molecular weight excluding hydrogens is 492 g/mol. The molecule has 0 spiro atoms. The summed E-state index contributed by atoms with van der Waals surface area (Å²) in [7, 11) is 0. The largest absolute Gasteiger partial charge is 0.481 e. The van der Waals surface area contributed by atoms with Crippen molar-refractivity contribution in [2.45, 2.75) is 25.6 Å². The average molecular weight is 505 g/mol. The van der Waals surface area contributed by atoms with Gasteiger partial charge in [-0.05, 0) is 50.1 Å². The molecule has 0 aliphatic carbocycles. The van der Waals surface area contributed by atoms with Gasteiger partial charge in [-0.15, -0.1) is 10.2 Å². The van der Waals surface area contributed by atoms with E-state index >= 15 is 0 Å². The molecule has 5 nitrogen and oxygen atoms in total. The number of alkyl halides is 3. The lowest BCUT2D eigenvalue weighted by atomic mass is 9.94. The first-order valence-corrected chi connectivity index (χ1v) is 11.0. The van der Waals surface area contributed by atoms with Crippen molar-refractivity contribution in [1.29, 1.82) is 0 Å². The van der Waals surface area contributed by atoms with Gasteiger partial charge in [0, 0.05) is 11.1 Å². The number of fused-ring (bicyclic) bond motifs is 3. The van der Waals surface area contributed by atoms with E-state index < -0.39 is 22.6 Å². The lowest BCUT2D eigenvalue weighted by Gasteiger charge is -2.31. The van der Waals surface area contributed by atoms with Crippen LogP contribution in [0.1, 0.15) is 35.1 Å². The third kappa shape index (κ3) is 3.91. The number of halogens is 5. The van der Waals surface area contributed by atoms with Crippen LogP contribution < -0.4 is 4.74 Å². The number of rotatable bonds is 1. The summed E-state index contributed by atoms with van der Waals surface area (Å²) in [6.07, 6.45) is -4.56. The number of aromatic nitrogens is 4. The van der Waals surface area contributed by atoms with Crippen molar-refractivity contribution >= 4 is 22.9 Å². The maximum atomic E-state index is 14.5. The number of nitrogens with zero attached hydrogens (tertiary/aromatic N) is 3. The van der Waals surface area contributed by atoms with Crippen LogP contribution in [0.15, 0.2) is 36.4 Å². The highest BCUT2D eigenvalue weighted by atomic mass is 35.5. The van der Waals surface area contributed by atoms with Gasteiger partial charge in [0.05, 0.1) is 22.0 Å². The molecule has 0 unspecified atom stereocenters. The third-order valence-corrected chi connectivity index (χ3v) is 6.29. The number of aromatic amines is 1. The molecule has 34 heavy (non-hydrogen) atoms. The number of hydrogen-bond acceptors (Lipinski definition) is 5. The Morgan fingerprint density at radius 3 is 2.62 bits per heavy atom. The summed E-state index contributed by atoms with van der Waals surface area (Å²) in [4.78, 5) is 7.75. The van der Waals surface area contributed by atoms with E-state index in [1.165, 1.54) is 12.1 Å². The van der Waals surface area contributed by atoms with E-state index in [1.807, 2.05) is 13.8 Å². The van der Waals surface area contributed by atoms with Gasteiger partial charge in [0.25, 0.3) is 0 Å². The third-order valence-electron chi connectivity index (χ3n) is 5.09. The van der Waals surface area contributed by atoms with Gasteiger partial charge in [-0.1, -0.05) is 34.9 Å². The summed E-state index contributed by atoms with van der Waals surface area (Å²) in [6, 6.07) is 9.50. The van der Waals surface area contributed by atoms with Crippen LogP contribution >= 0.6 is 22.9 Å². The molecule has 172 valence electrons. The molecule has 1 aliphatic rings. The highest BCUT2D eigenvalue weighted by Gasteiger charge is 2.37. The Hall–Kier alpha value is -3.42. The summed E-state index contributed by atoms with van der Waals surface area (Å²) in [5, 5.41) is 5.72. The van der Waals surface area contributed by atoms with Crippen LogP contribution in [0.2, 0.25) is 5.02 Å². The lowest BCUT2D eigenvalue weighted by molar-refractivity contribution is -0.138. The van der Waals surface area contributed by atoms with Crippen molar-refractivity contribution in [3.05, 3.63) is 68.5 Å². The van der Waals surface area contributed by atoms with Crippen LogP contribution in [-0.2, 0) is 11.8 Å². The predicted molar refractivity (Wildman–Crippen MR) is 119 cm³/mol. The zero-order valence-electron chi connectivity index (χ0n) is 17.5. The molecular formula is C23H13ClF4N4OS. The Morgan fingerprint density at radius 1 is 1.12 bits per heavy atom. The van der Waals surface area contributed by atoms with Crippen molar-refractivity contribution in [3.8, 4) is 40.2 Å². The van der Waals surface area contributed by atoms with Gasteiger partial charge < -0.3 is 9.72 Å². The van der Waals surface area contributed by atoms with Gasteiger partial charge in [-0.3, -0.25) is 0 Å². The van der Waals surface area contributed by atoms with Crippen molar-refractivity contribution in [2.75, 3.05) is 0 Å². The van der Waals surface area contributed by atoms with Crippen molar-refractivity contribution in [1.82, 2.24) is 20.2 Å². The van der Waals surface area contributed by atoms with Crippen LogP contribution in [0.25, 0.3) is 22.6 Å². The maximum absolute atomic E-state index is 14.5. The van der Waals surface area contributed by atoms with Gasteiger partial charge >= 0.3 is 6.18 Å². The van der Waals surface area contributed by atoms with Crippen LogP contribution in [0.5, 0.6) is 5.75 Å². The summed E-state index contributed by atoms with van der Waals surface area (Å²) in [5.41, 5.74) is 1.73. The van der Waals surface area contributed by atoms with E-state index in [9.17, 15) is 17.6 Å². The summed E-state index contributed by atoms with van der Waals surface area (Å²) >= 11 is 6.59. The first kappa shape index (κ1) is 22.4. The average Bonchev–Trinajstić information content (AvgIpc) is 3.40. The number of nitrogens with one attached hydrogen (secondary N) is 1. The normalized spacial score (nSPS) is 14.0. The fourth-order valence-electron chi connectivity index (χ4n) is 3.57. The van der Waals surface area contributed by atoms with Gasteiger partial charge in [-0.25, -0.2) is 9.37 Å². The second-order valence-electron chi connectivity index (χ2n) is 7.89. The van der Waals surface area contributed by atoms with E-state index in [1.54, 1.807) is 24.3 Å². The number of H-pyrrole nitrogens is 1. The monoisotopic (exact) mass is 504 g/mol. The standard InChI is InChI=1S/C23H13ClF4N4OS/c1-22(2)19-18(29-20(30-19)17-13(24)4-3-5-14(17)25)12-8-6-11(10-15(12)33-22)7-9-16-31-32-21(34-16)23(26,27)28/h3-6,8,10H,1-2H3,(H,29,30). The first-order valence-electron chi connectivity index (χ1n) is 9.84. The molecule has 4 aromatic rings. The zero-order valence-corrected chi connectivity index (χ0v) is 19.1. The molecule has 0 saturated heterocycles. The Balaban J connectivity index is 1.53. The molecule has 11 heteroatoms. The fraction of sp³-hybridized carbons (Fsp3) is 0.174. The maximum Gasteiger partial charge on any atom is 0.445 e. The van der Waals surface area contributed by atoms with Crippen LogP contribution in [-0.4, -0.2) is 20.2 Å². The minimum Gasteiger partial charge on any atom is -0.481 e. The first-order chi connectivity index (χ1) is 16.0. The predicted octanol–water partition coefficient (Wildman–Crippen LogP) is 6.43. The smallest absolute Gasteiger partial charge is 0.445 e. The molecule has 5 rings (SSSR count). The quantitative estimate of drug-likeness (QED) is 0.239. The molecule has 1 N–H and O–H groups in total. The van der Waals surface area contributed by atoms with Crippen LogP contribution in [0.4, 0.5) is 17.6 Å². The highest BCUT2D eigenvalue weighted by Crippen LogP contribution is 2.45. The Kier molecular flexibility index (Phi) is 5.15. The Labute approximate surface area is 199 Å². The second kappa shape index (κ2) is 7.82. The number of ether oxygens (including phenoxy) is 1. The molecule has 0 saturated carbocycles. The molecule has 0 bridgehead atoms. The van der Waals surface area contributed by atoms with Gasteiger partial charge in [0.2, 0.25) is 5.01 Å². The molecule has 3 heterocycles. The van der Waals surface area contributed by atoms with Gasteiger partial charge in [0.1, 0.15) is 23.0 Å². The molecule has 1 aliphatic heterocycles. The summed E-state index contributed by atoms with van der Waals surface area (Å²) < 4.78 is 58.8. The summed E-state index contributed by atoms with van der Waals surface area (Å²) in [5.74, 6) is 5.64. The van der Waals surface area contributed by atoms with E-state index in [2.05, 4.69) is 32.0 Å². The minimum absolute atomic E-state index is 0.0488. The van der Waals surface area contributed by atoms with E-state index in [4.69, 9.17) is 16.3 Å². The zero-order chi connectivity index (χ0) is 24.3. The fourth-order valence-corrected chi connectivity index (χ4v) is 4.38. The van der Waals surface area contributed by atoms with Crippen molar-refractivity contribution in [3.63, 3.8) is 0 Å². The molecule has 0 atom stereocenters. The van der Waals surface area contributed by atoms with Crippen LogP contribution in [0.3, 0.4) is 0 Å². The second-order valence-corrected chi connectivity index (χ2v) is 9.27. The molecule has 2 aromatic heterocycles. The van der Waals surface area contributed by atoms with Crippen molar-refractivity contribution in [2.24, 2.45) is 0 Å². The van der Waals surface area contributed by atoms with Crippen LogP contribution in [0, 0.1) is 17.7 Å². The van der Waals surface area contributed by atoms with E-state index in [0.29, 0.717) is 39.6 Å². The van der Waals surface area contributed by atoms with Gasteiger partial charge in [-0.2, -0.15) is 13.2 Å². The SMILES string of the molecule is CC1(C)Oc2cc(C#Cc3nnc(C(F)(F)F)s3)ccc2-c2nc(-c3c(F)cccc3Cl)[nH]c21. The topological polar surface area (TPSA) is 63.7 Å².